The molecule has 2 aliphatic rings. The normalized spacial score (nSPS) is 26.2. The van der Waals surface area contributed by atoms with Gasteiger partial charge in [0, 0.05) is 19.1 Å². The van der Waals surface area contributed by atoms with Gasteiger partial charge < -0.3 is 15.7 Å². The SMILES string of the molecule is O=C1CC[C@@H](C(=O)N[C@@H](C[C@@H]2C=NC=N2)C(=O)O)N1. The van der Waals surface area contributed by atoms with Gasteiger partial charge in [-0.2, -0.15) is 0 Å². The van der Waals surface area contributed by atoms with Crippen molar-refractivity contribution in [3.63, 3.8) is 0 Å². The Morgan fingerprint density at radius 3 is 2.89 bits per heavy atom. The van der Waals surface area contributed by atoms with Crippen molar-refractivity contribution in [2.24, 2.45) is 9.98 Å². The second-order valence-electron chi connectivity index (χ2n) is 4.42. The van der Waals surface area contributed by atoms with E-state index in [0.29, 0.717) is 6.42 Å². The maximum atomic E-state index is 11.8. The smallest absolute Gasteiger partial charge is 0.326 e. The number of nitrogens with zero attached hydrogens (tertiary/aromatic N) is 2. The third-order valence-electron chi connectivity index (χ3n) is 2.99. The van der Waals surface area contributed by atoms with E-state index in [-0.39, 0.29) is 24.8 Å². The van der Waals surface area contributed by atoms with Crippen molar-refractivity contribution >= 4 is 30.3 Å². The molecule has 0 aliphatic carbocycles. The second-order valence-corrected chi connectivity index (χ2v) is 4.42. The Hall–Kier alpha value is -2.25. The van der Waals surface area contributed by atoms with E-state index in [2.05, 4.69) is 20.6 Å². The average Bonchev–Trinajstić information content (AvgIpc) is 2.99. The summed E-state index contributed by atoms with van der Waals surface area (Å²) in [5.41, 5.74) is 0. The van der Waals surface area contributed by atoms with E-state index in [0.717, 1.165) is 0 Å². The second kappa shape index (κ2) is 5.59. The molecule has 0 spiro atoms. The van der Waals surface area contributed by atoms with Crippen LogP contribution in [0.2, 0.25) is 0 Å². The zero-order chi connectivity index (χ0) is 13.8. The van der Waals surface area contributed by atoms with E-state index in [1.807, 2.05) is 0 Å². The van der Waals surface area contributed by atoms with Crippen LogP contribution in [-0.2, 0) is 14.4 Å². The number of hydrogen-bond donors (Lipinski definition) is 3. The van der Waals surface area contributed by atoms with Crippen LogP contribution in [0.1, 0.15) is 19.3 Å². The molecule has 0 bridgehead atoms. The fourth-order valence-electron chi connectivity index (χ4n) is 1.97. The molecule has 0 aromatic rings. The molecule has 19 heavy (non-hydrogen) atoms. The maximum absolute atomic E-state index is 11.8. The fraction of sp³-hybridized carbons (Fsp3) is 0.545. The summed E-state index contributed by atoms with van der Waals surface area (Å²) in [6.07, 6.45) is 3.69. The Labute approximate surface area is 109 Å². The molecule has 0 radical (unpaired) electrons. The Balaban J connectivity index is 1.90. The van der Waals surface area contributed by atoms with E-state index in [1.54, 1.807) is 0 Å². The van der Waals surface area contributed by atoms with E-state index in [1.165, 1.54) is 12.6 Å². The maximum Gasteiger partial charge on any atom is 0.326 e. The van der Waals surface area contributed by atoms with Crippen molar-refractivity contribution in [1.29, 1.82) is 0 Å². The molecule has 0 aromatic heterocycles. The highest BCUT2D eigenvalue weighted by Gasteiger charge is 2.31. The average molecular weight is 266 g/mol. The van der Waals surface area contributed by atoms with Crippen LogP contribution in [0.15, 0.2) is 9.98 Å². The molecule has 8 heteroatoms. The third-order valence-corrected chi connectivity index (χ3v) is 2.99. The van der Waals surface area contributed by atoms with E-state index in [4.69, 9.17) is 5.11 Å². The summed E-state index contributed by atoms with van der Waals surface area (Å²) in [4.78, 5) is 41.6. The highest BCUT2D eigenvalue weighted by atomic mass is 16.4. The van der Waals surface area contributed by atoms with Crippen LogP contribution in [0.4, 0.5) is 0 Å². The summed E-state index contributed by atoms with van der Waals surface area (Å²) < 4.78 is 0. The zero-order valence-corrected chi connectivity index (χ0v) is 10.1. The highest BCUT2D eigenvalue weighted by molar-refractivity contribution is 5.93. The van der Waals surface area contributed by atoms with Gasteiger partial charge in [-0.3, -0.25) is 14.6 Å². The molecule has 0 saturated carbocycles. The molecular weight excluding hydrogens is 252 g/mol. The fourth-order valence-corrected chi connectivity index (χ4v) is 1.97. The van der Waals surface area contributed by atoms with Crippen LogP contribution in [-0.4, -0.2) is 53.6 Å². The molecule has 3 atom stereocenters. The Bertz CT molecular complexity index is 448. The van der Waals surface area contributed by atoms with Crippen molar-refractivity contribution in [2.75, 3.05) is 0 Å². The third kappa shape index (κ3) is 3.36. The quantitative estimate of drug-likeness (QED) is 0.573. The van der Waals surface area contributed by atoms with Crippen LogP contribution < -0.4 is 10.6 Å². The molecule has 2 aliphatic heterocycles. The van der Waals surface area contributed by atoms with Gasteiger partial charge in [0.1, 0.15) is 18.4 Å². The predicted octanol–water partition coefficient (Wildman–Crippen LogP) is -1.29. The van der Waals surface area contributed by atoms with Gasteiger partial charge in [-0.25, -0.2) is 9.79 Å². The van der Waals surface area contributed by atoms with E-state index >= 15 is 0 Å². The number of carbonyl (C=O) groups is 3. The Morgan fingerprint density at radius 1 is 1.58 bits per heavy atom. The molecule has 2 amide bonds. The lowest BCUT2D eigenvalue weighted by Crippen LogP contribution is -2.49. The summed E-state index contributed by atoms with van der Waals surface area (Å²) >= 11 is 0. The number of aliphatic imine (C=N–C) groups is 2. The molecule has 2 heterocycles. The standard InChI is InChI=1S/C11H14N4O4/c16-9-2-1-7(14-9)10(17)15-8(11(18)19)3-6-4-12-5-13-6/h4-8H,1-3H2,(H,14,16)(H,15,17)(H,18,19)/t6-,7+,8+/m1/s1. The first-order chi connectivity index (χ1) is 9.06. The van der Waals surface area contributed by atoms with Gasteiger partial charge in [0.15, 0.2) is 0 Å². The number of nitrogens with one attached hydrogen (secondary N) is 2. The number of carboxylic acid groups (broad SMARTS) is 1. The molecular formula is C11H14N4O4. The summed E-state index contributed by atoms with van der Waals surface area (Å²) in [5.74, 6) is -1.80. The van der Waals surface area contributed by atoms with Crippen LogP contribution >= 0.6 is 0 Å². The summed E-state index contributed by atoms with van der Waals surface area (Å²) in [6, 6.07) is -2.02. The monoisotopic (exact) mass is 266 g/mol. The summed E-state index contributed by atoms with van der Waals surface area (Å²) in [5, 5.41) is 14.0. The Morgan fingerprint density at radius 2 is 2.37 bits per heavy atom. The number of hydrogen-bond acceptors (Lipinski definition) is 5. The lowest BCUT2D eigenvalue weighted by Gasteiger charge is -2.18. The van der Waals surface area contributed by atoms with Crippen molar-refractivity contribution in [1.82, 2.24) is 10.6 Å². The van der Waals surface area contributed by atoms with Gasteiger partial charge in [0.2, 0.25) is 11.8 Å². The minimum absolute atomic E-state index is 0.141. The number of rotatable bonds is 5. The van der Waals surface area contributed by atoms with Crippen molar-refractivity contribution in [2.45, 2.75) is 37.4 Å². The largest absolute Gasteiger partial charge is 0.480 e. The molecule has 1 fully saturated rings. The minimum atomic E-state index is -1.13. The van der Waals surface area contributed by atoms with Gasteiger partial charge in [-0.15, -0.1) is 0 Å². The van der Waals surface area contributed by atoms with Crippen molar-refractivity contribution in [3.05, 3.63) is 0 Å². The first kappa shape index (κ1) is 13.2. The van der Waals surface area contributed by atoms with Gasteiger partial charge in [-0.05, 0) is 6.42 Å². The molecule has 1 saturated heterocycles. The number of carbonyl (C=O) groups excluding carboxylic acids is 2. The molecule has 2 rings (SSSR count). The van der Waals surface area contributed by atoms with Crippen LogP contribution in [0.3, 0.4) is 0 Å². The molecule has 8 nitrogen and oxygen atoms in total. The van der Waals surface area contributed by atoms with Gasteiger partial charge in [0.25, 0.3) is 0 Å². The van der Waals surface area contributed by atoms with E-state index in [9.17, 15) is 14.4 Å². The predicted molar refractivity (Wildman–Crippen MR) is 66.1 cm³/mol. The minimum Gasteiger partial charge on any atom is -0.480 e. The van der Waals surface area contributed by atoms with Crippen LogP contribution in [0, 0.1) is 0 Å². The number of amides is 2. The molecule has 0 unspecified atom stereocenters. The summed E-state index contributed by atoms with van der Waals surface area (Å²) in [6.45, 7) is 0. The van der Waals surface area contributed by atoms with Gasteiger partial charge >= 0.3 is 5.97 Å². The lowest BCUT2D eigenvalue weighted by molar-refractivity contribution is -0.142. The van der Waals surface area contributed by atoms with Crippen molar-refractivity contribution in [3.8, 4) is 0 Å². The lowest BCUT2D eigenvalue weighted by atomic mass is 10.1. The number of carboxylic acids is 1. The van der Waals surface area contributed by atoms with Crippen molar-refractivity contribution < 1.29 is 19.5 Å². The van der Waals surface area contributed by atoms with Gasteiger partial charge in [0.05, 0.1) is 6.04 Å². The molecule has 102 valence electrons. The molecule has 0 aromatic carbocycles. The van der Waals surface area contributed by atoms with Gasteiger partial charge in [-0.1, -0.05) is 0 Å². The zero-order valence-electron chi connectivity index (χ0n) is 10.1. The first-order valence-corrected chi connectivity index (χ1v) is 5.94. The highest BCUT2D eigenvalue weighted by Crippen LogP contribution is 2.09. The van der Waals surface area contributed by atoms with Crippen LogP contribution in [0.25, 0.3) is 0 Å². The van der Waals surface area contributed by atoms with E-state index < -0.39 is 24.0 Å². The topological polar surface area (TPSA) is 120 Å². The van der Waals surface area contributed by atoms with Crippen LogP contribution in [0.5, 0.6) is 0 Å². The molecule has 3 N–H and O–H groups in total. The first-order valence-electron chi connectivity index (χ1n) is 5.94. The summed E-state index contributed by atoms with van der Waals surface area (Å²) in [7, 11) is 0. The Kier molecular flexibility index (Phi) is 3.88. The number of aliphatic carboxylic acids is 1.